The zero-order valence-electron chi connectivity index (χ0n) is 36.4. The van der Waals surface area contributed by atoms with Gasteiger partial charge in [0, 0.05) is 34.3 Å². The van der Waals surface area contributed by atoms with Crippen molar-refractivity contribution in [3.05, 3.63) is 158 Å². The Balaban J connectivity index is 0.905. The number of nitrogens with one attached hydrogen (secondary N) is 7. The second-order valence-electron chi connectivity index (χ2n) is 16.3. The van der Waals surface area contributed by atoms with Crippen molar-refractivity contribution in [2.45, 2.75) is 52.9 Å². The minimum Gasteiger partial charge on any atom is -0.347 e. The Morgan fingerprint density at radius 3 is 1.29 bits per heavy atom. The van der Waals surface area contributed by atoms with Crippen LogP contribution in [0.5, 0.6) is 0 Å². The van der Waals surface area contributed by atoms with E-state index in [2.05, 4.69) is 36.9 Å². The fraction of sp³-hybridized carbons (Fsp3) is 0.200. The summed E-state index contributed by atoms with van der Waals surface area (Å²) in [7, 11) is 0. The van der Waals surface area contributed by atoms with E-state index in [0.717, 1.165) is 21.5 Å². The molecule has 0 spiro atoms. The Hall–Kier alpha value is -8.20. The van der Waals surface area contributed by atoms with Gasteiger partial charge in [-0.2, -0.15) is 9.13 Å². The van der Waals surface area contributed by atoms with Gasteiger partial charge in [-0.15, -0.1) is 0 Å². The molecule has 4 aromatic carbocycles. The van der Waals surface area contributed by atoms with Crippen LogP contribution in [-0.2, 0) is 32.3 Å². The second-order valence-corrected chi connectivity index (χ2v) is 16.3. The van der Waals surface area contributed by atoms with Gasteiger partial charge in [-0.25, -0.2) is 0 Å². The number of hydrogen-bond acceptors (Lipinski definition) is 6. The summed E-state index contributed by atoms with van der Waals surface area (Å²) in [6, 6.07) is 34.8. The summed E-state index contributed by atoms with van der Waals surface area (Å²) in [5.74, 6) is -2.90. The maximum Gasteiger partial charge on any atom is 0.286 e. The van der Waals surface area contributed by atoms with E-state index in [4.69, 9.17) is 0 Å². The zero-order valence-corrected chi connectivity index (χ0v) is 36.4. The number of rotatable bonds is 16. The third-order valence-electron chi connectivity index (χ3n) is 10.7. The van der Waals surface area contributed by atoms with Gasteiger partial charge in [0.2, 0.25) is 24.9 Å². The molecule has 0 saturated heterocycles. The molecular weight excluding hydrogens is 823 g/mol. The van der Waals surface area contributed by atoms with E-state index in [1.807, 2.05) is 113 Å². The lowest BCUT2D eigenvalue weighted by atomic mass is 10.0. The Labute approximate surface area is 375 Å². The highest BCUT2D eigenvalue weighted by Crippen LogP contribution is 2.25. The summed E-state index contributed by atoms with van der Waals surface area (Å²) < 4.78 is 3.17. The Morgan fingerprint density at radius 2 is 0.877 bits per heavy atom. The van der Waals surface area contributed by atoms with Crippen LogP contribution in [0.2, 0.25) is 0 Å². The van der Waals surface area contributed by atoms with Gasteiger partial charge in [0.1, 0.15) is 34.8 Å². The van der Waals surface area contributed by atoms with Gasteiger partial charge in [0.25, 0.3) is 23.6 Å². The molecule has 15 heteroatoms. The first-order valence-corrected chi connectivity index (χ1v) is 21.3. The molecule has 0 bridgehead atoms. The van der Waals surface area contributed by atoms with Gasteiger partial charge in [-0.1, -0.05) is 100 Å². The molecule has 0 aliphatic carbocycles. The molecule has 0 fully saturated rings. The smallest absolute Gasteiger partial charge is 0.286 e. The largest absolute Gasteiger partial charge is 0.347 e. The van der Waals surface area contributed by atoms with Crippen LogP contribution in [0.15, 0.2) is 146 Å². The van der Waals surface area contributed by atoms with Gasteiger partial charge >= 0.3 is 0 Å². The summed E-state index contributed by atoms with van der Waals surface area (Å²) in [4.78, 5) is 82.5. The molecule has 3 aromatic heterocycles. The summed E-state index contributed by atoms with van der Waals surface area (Å²) in [6.45, 7) is 7.19. The Morgan fingerprint density at radius 1 is 0.477 bits per heavy atom. The molecule has 0 aliphatic rings. The maximum absolute atomic E-state index is 13.4. The highest BCUT2D eigenvalue weighted by atomic mass is 16.2. The monoisotopic (exact) mass is 873 g/mol. The molecule has 3 heterocycles. The predicted octanol–water partition coefficient (Wildman–Crippen LogP) is 5.96. The lowest BCUT2D eigenvalue weighted by Crippen LogP contribution is -2.51. The minimum atomic E-state index is -0.801. The van der Waals surface area contributed by atoms with E-state index in [-0.39, 0.29) is 48.1 Å². The predicted molar refractivity (Wildman–Crippen MR) is 249 cm³/mol. The van der Waals surface area contributed by atoms with Crippen LogP contribution in [0.3, 0.4) is 0 Å². The lowest BCUT2D eigenvalue weighted by molar-refractivity contribution is -0.683. The number of anilines is 4. The lowest BCUT2D eigenvalue weighted by Gasteiger charge is -2.21. The number of benzene rings is 4. The molecule has 65 heavy (non-hydrogen) atoms. The number of aromatic amines is 1. The van der Waals surface area contributed by atoms with E-state index in [9.17, 15) is 28.8 Å². The van der Waals surface area contributed by atoms with E-state index < -0.39 is 35.7 Å². The van der Waals surface area contributed by atoms with Crippen LogP contribution < -0.4 is 41.0 Å². The first kappa shape index (κ1) is 44.8. The molecule has 7 rings (SSSR count). The normalized spacial score (nSPS) is 12.0. The molecule has 0 radical (unpaired) electrons. The number of carbonyl (C=O) groups excluding carboxylic acids is 6. The van der Waals surface area contributed by atoms with E-state index >= 15 is 0 Å². The van der Waals surface area contributed by atoms with Gasteiger partial charge in [0.15, 0.2) is 24.8 Å². The van der Waals surface area contributed by atoms with Crippen LogP contribution in [0.1, 0.15) is 48.7 Å². The summed E-state index contributed by atoms with van der Waals surface area (Å²) in [6.07, 6.45) is 6.51. The molecule has 2 atom stereocenters. The van der Waals surface area contributed by atoms with E-state index in [1.165, 1.54) is 12.1 Å². The maximum atomic E-state index is 13.4. The van der Waals surface area contributed by atoms with Crippen molar-refractivity contribution in [1.29, 1.82) is 0 Å². The van der Waals surface area contributed by atoms with Crippen molar-refractivity contribution in [3.8, 4) is 0 Å². The van der Waals surface area contributed by atoms with Gasteiger partial charge in [0.05, 0.1) is 0 Å². The van der Waals surface area contributed by atoms with Gasteiger partial charge in [-0.05, 0) is 59.0 Å². The number of pyridine rings is 2. The number of fused-ring (bicyclic) bond motifs is 2. The number of hydrogen-bond donors (Lipinski definition) is 7. The van der Waals surface area contributed by atoms with Gasteiger partial charge < -0.3 is 36.9 Å². The topological polar surface area (TPSA) is 198 Å². The SMILES string of the molecule is CC(C)[C@H](NC(=O)C[n+]1cccc(NC(=O)c2ccc(C(=O)Nc3ccc[n+](CC(=O)N[C@H](C(=O)Nc4cccc5ccccc45)C(C)C)c3)[nH]2)c1)C(=O)Nc1cccc2ccccc12. The van der Waals surface area contributed by atoms with Crippen LogP contribution in [0, 0.1) is 11.8 Å². The average Bonchev–Trinajstić information content (AvgIpc) is 3.79. The van der Waals surface area contributed by atoms with Crippen molar-refractivity contribution in [2.24, 2.45) is 11.8 Å². The van der Waals surface area contributed by atoms with Crippen LogP contribution in [0.4, 0.5) is 22.7 Å². The molecule has 7 aromatic rings. The van der Waals surface area contributed by atoms with Crippen molar-refractivity contribution in [3.63, 3.8) is 0 Å². The van der Waals surface area contributed by atoms with Gasteiger partial charge in [-0.3, -0.25) is 28.8 Å². The third kappa shape index (κ3) is 11.4. The second kappa shape index (κ2) is 20.3. The Bertz CT molecular complexity index is 2700. The van der Waals surface area contributed by atoms with Crippen molar-refractivity contribution < 1.29 is 37.9 Å². The number of amides is 6. The first-order chi connectivity index (χ1) is 31.3. The fourth-order valence-corrected chi connectivity index (χ4v) is 7.37. The van der Waals surface area contributed by atoms with Crippen LogP contribution >= 0.6 is 0 Å². The molecule has 0 saturated carbocycles. The molecule has 7 N–H and O–H groups in total. The number of nitrogens with zero attached hydrogens (tertiary/aromatic N) is 2. The highest BCUT2D eigenvalue weighted by molar-refractivity contribution is 6.08. The molecule has 6 amide bonds. The van der Waals surface area contributed by atoms with Crippen molar-refractivity contribution >= 4 is 79.7 Å². The summed E-state index contributed by atoms with van der Waals surface area (Å²) in [5, 5.41) is 21.0. The highest BCUT2D eigenvalue weighted by Gasteiger charge is 2.28. The Kier molecular flexibility index (Phi) is 14.0. The zero-order chi connectivity index (χ0) is 46.0. The van der Waals surface area contributed by atoms with Crippen LogP contribution in [0.25, 0.3) is 21.5 Å². The number of H-pyrrole nitrogens is 1. The number of carbonyl (C=O) groups is 6. The number of aromatic nitrogens is 3. The summed E-state index contributed by atoms with van der Waals surface area (Å²) in [5.41, 5.74) is 2.32. The fourth-order valence-electron chi connectivity index (χ4n) is 7.37. The quantitative estimate of drug-likeness (QED) is 0.0585. The molecule has 0 unspecified atom stereocenters. The molecule has 15 nitrogen and oxygen atoms in total. The first-order valence-electron chi connectivity index (χ1n) is 21.3. The van der Waals surface area contributed by atoms with Crippen molar-refractivity contribution in [1.82, 2.24) is 15.6 Å². The van der Waals surface area contributed by atoms with E-state index in [1.54, 1.807) is 58.2 Å². The minimum absolute atomic E-state index is 0.115. The molecule has 330 valence electrons. The summed E-state index contributed by atoms with van der Waals surface area (Å²) >= 11 is 0. The standard InChI is InChI=1S/C50H49N9O6/c1-31(2)45(49(64)54-39-21-9-15-33-13-5-7-19-37(33)39)56-43(60)29-58-25-11-17-35(27-58)51-47(62)41-23-24-42(53-41)48(63)52-36-18-12-26-59(28-36)30-44(61)57-46(32(3)4)50(65)55-40-22-10-16-34-14-6-8-20-38(34)40/h5-28,31-32,45-46H,29-30H2,1-4H3,(H5-2,51,52,53,54,55,56,57,60,61,62,63,64,65)/p+2/t45-,46-/m0/s1. The van der Waals surface area contributed by atoms with Crippen molar-refractivity contribution in [2.75, 3.05) is 21.3 Å². The molecule has 0 aliphatic heterocycles. The molecular formula is C50H51N9O6+2. The van der Waals surface area contributed by atoms with Crippen LogP contribution in [-0.4, -0.2) is 52.5 Å². The third-order valence-corrected chi connectivity index (χ3v) is 10.7. The van der Waals surface area contributed by atoms with E-state index in [0.29, 0.717) is 22.7 Å². The average molecular weight is 874 g/mol.